The zero-order valence-electron chi connectivity index (χ0n) is 13.3. The first-order valence-electron chi connectivity index (χ1n) is 7.42. The molecule has 1 heterocycles. The van der Waals surface area contributed by atoms with E-state index >= 15 is 0 Å². The average molecular weight is 330 g/mol. The van der Waals surface area contributed by atoms with E-state index in [0.29, 0.717) is 17.1 Å². The fourth-order valence-electron chi connectivity index (χ4n) is 2.23. The van der Waals surface area contributed by atoms with Gasteiger partial charge in [-0.2, -0.15) is 5.26 Å². The molecule has 1 amide bonds. The van der Waals surface area contributed by atoms with Crippen LogP contribution >= 0.6 is 11.8 Å². The number of nitriles is 1. The Morgan fingerprint density at radius 1 is 1.35 bits per heavy atom. The van der Waals surface area contributed by atoms with Crippen LogP contribution in [0.25, 0.3) is 0 Å². The van der Waals surface area contributed by atoms with E-state index in [4.69, 9.17) is 4.74 Å². The Hall–Kier alpha value is -2.26. The largest absolute Gasteiger partial charge is 0.462 e. The number of benzene rings is 1. The van der Waals surface area contributed by atoms with E-state index in [0.717, 1.165) is 5.56 Å². The van der Waals surface area contributed by atoms with Crippen LogP contribution in [0.3, 0.4) is 0 Å². The van der Waals surface area contributed by atoms with Gasteiger partial charge in [0.25, 0.3) is 0 Å². The lowest BCUT2D eigenvalue weighted by atomic mass is 10.2. The number of ether oxygens (including phenoxy) is 1. The highest BCUT2D eigenvalue weighted by molar-refractivity contribution is 8.05. The van der Waals surface area contributed by atoms with Crippen molar-refractivity contribution < 1.29 is 14.3 Å². The van der Waals surface area contributed by atoms with Crippen molar-refractivity contribution in [3.8, 4) is 6.07 Å². The molecule has 6 heteroatoms. The molecule has 1 aliphatic heterocycles. The number of rotatable bonds is 4. The Kier molecular flexibility index (Phi) is 5.45. The fourth-order valence-corrected chi connectivity index (χ4v) is 3.42. The summed E-state index contributed by atoms with van der Waals surface area (Å²) in [6.45, 7) is 5.71. The van der Waals surface area contributed by atoms with Crippen LogP contribution in [0.4, 0.5) is 5.69 Å². The van der Waals surface area contributed by atoms with Crippen LogP contribution in [0, 0.1) is 18.3 Å². The quantitative estimate of drug-likeness (QED) is 0.482. The highest BCUT2D eigenvalue weighted by Crippen LogP contribution is 2.41. The summed E-state index contributed by atoms with van der Waals surface area (Å²) in [5.74, 6) is -0.812. The number of carbonyl (C=O) groups excluding carboxylic acids is 2. The van der Waals surface area contributed by atoms with Crippen LogP contribution < -0.4 is 4.90 Å². The Morgan fingerprint density at radius 3 is 2.52 bits per heavy atom. The van der Waals surface area contributed by atoms with Gasteiger partial charge in [-0.25, -0.2) is 4.79 Å². The average Bonchev–Trinajstić information content (AvgIpc) is 2.86. The van der Waals surface area contributed by atoms with Crippen LogP contribution in [-0.4, -0.2) is 23.7 Å². The third kappa shape index (κ3) is 3.40. The van der Waals surface area contributed by atoms with Crippen molar-refractivity contribution >= 4 is 29.3 Å². The third-order valence-electron chi connectivity index (χ3n) is 3.42. The molecule has 1 aliphatic rings. The van der Waals surface area contributed by atoms with Crippen molar-refractivity contribution in [3.05, 3.63) is 40.4 Å². The lowest BCUT2D eigenvalue weighted by Crippen LogP contribution is -2.29. The van der Waals surface area contributed by atoms with E-state index in [9.17, 15) is 14.9 Å². The van der Waals surface area contributed by atoms with Gasteiger partial charge in [-0.05, 0) is 32.4 Å². The number of amides is 1. The molecule has 1 fully saturated rings. The first-order chi connectivity index (χ1) is 11.0. The number of anilines is 1. The van der Waals surface area contributed by atoms with Crippen molar-refractivity contribution in [2.24, 2.45) is 0 Å². The summed E-state index contributed by atoms with van der Waals surface area (Å²) < 4.78 is 4.94. The number of esters is 1. The highest BCUT2D eigenvalue weighted by Gasteiger charge is 2.40. The van der Waals surface area contributed by atoms with Gasteiger partial charge in [-0.1, -0.05) is 36.4 Å². The molecular formula is C17H18N2O3S. The monoisotopic (exact) mass is 330 g/mol. The van der Waals surface area contributed by atoms with E-state index in [-0.39, 0.29) is 23.3 Å². The second-order valence-corrected chi connectivity index (χ2v) is 6.23. The molecule has 1 atom stereocenters. The smallest absolute Gasteiger partial charge is 0.351 e. The highest BCUT2D eigenvalue weighted by atomic mass is 32.2. The molecule has 1 aromatic rings. The normalized spacial score (nSPS) is 19.5. The van der Waals surface area contributed by atoms with E-state index in [2.05, 4.69) is 0 Å². The van der Waals surface area contributed by atoms with Crippen molar-refractivity contribution in [3.63, 3.8) is 0 Å². The summed E-state index contributed by atoms with van der Waals surface area (Å²) in [5, 5.41) is 9.43. The first kappa shape index (κ1) is 17.1. The molecule has 5 nitrogen and oxygen atoms in total. The first-order valence-corrected chi connectivity index (χ1v) is 8.30. The minimum atomic E-state index is -0.695. The predicted molar refractivity (Wildman–Crippen MR) is 89.6 cm³/mol. The number of hydrogen-bond acceptors (Lipinski definition) is 5. The summed E-state index contributed by atoms with van der Waals surface area (Å²) >= 11 is 1.25. The Morgan fingerprint density at radius 2 is 2.00 bits per heavy atom. The van der Waals surface area contributed by atoms with Gasteiger partial charge < -0.3 is 4.74 Å². The number of nitrogens with zero attached hydrogens (tertiary/aromatic N) is 2. The molecule has 0 aliphatic carbocycles. The molecule has 1 saturated heterocycles. The van der Waals surface area contributed by atoms with Crippen LogP contribution in [0.2, 0.25) is 0 Å². The second-order valence-electron chi connectivity index (χ2n) is 5.04. The van der Waals surface area contributed by atoms with E-state index in [1.54, 1.807) is 6.92 Å². The van der Waals surface area contributed by atoms with Crippen molar-refractivity contribution in [1.29, 1.82) is 5.26 Å². The van der Waals surface area contributed by atoms with Crippen LogP contribution in [0.15, 0.2) is 34.9 Å². The Labute approximate surface area is 139 Å². The van der Waals surface area contributed by atoms with E-state index in [1.165, 1.54) is 16.7 Å². The van der Waals surface area contributed by atoms with Gasteiger partial charge in [0.2, 0.25) is 5.91 Å². The fraction of sp³-hybridized carbons (Fsp3) is 0.353. The molecule has 0 radical (unpaired) electrons. The second kappa shape index (κ2) is 7.34. The summed E-state index contributed by atoms with van der Waals surface area (Å²) in [5.41, 5.74) is 1.59. The zero-order chi connectivity index (χ0) is 17.0. The lowest BCUT2D eigenvalue weighted by Gasteiger charge is -2.18. The maximum atomic E-state index is 12.6. The molecule has 0 unspecified atom stereocenters. The number of carbonyl (C=O) groups is 2. The molecule has 0 spiro atoms. The van der Waals surface area contributed by atoms with Crippen molar-refractivity contribution in [2.45, 2.75) is 32.4 Å². The van der Waals surface area contributed by atoms with Crippen molar-refractivity contribution in [1.82, 2.24) is 0 Å². The van der Waals surface area contributed by atoms with Crippen LogP contribution in [0.1, 0.15) is 25.8 Å². The molecular weight excluding hydrogens is 312 g/mol. The summed E-state index contributed by atoms with van der Waals surface area (Å²) in [7, 11) is 0. The lowest BCUT2D eigenvalue weighted by molar-refractivity contribution is -0.138. The van der Waals surface area contributed by atoms with Gasteiger partial charge >= 0.3 is 5.97 Å². The number of thioether (sulfide) groups is 1. The molecule has 1 aromatic carbocycles. The van der Waals surface area contributed by atoms with Crippen LogP contribution in [0.5, 0.6) is 0 Å². The Balaban J connectivity index is 2.54. The van der Waals surface area contributed by atoms with Crippen molar-refractivity contribution in [2.75, 3.05) is 11.5 Å². The van der Waals surface area contributed by atoms with E-state index in [1.807, 2.05) is 44.2 Å². The standard InChI is InChI=1S/C17H18N2O3S/c1-4-14-15(20)19(12-8-6-11(3)7-9-12)16(23-14)13(10-18)17(21)22-5-2/h6-9,14H,4-5H2,1-3H3/b16-13-/t14-/m0/s1. The van der Waals surface area contributed by atoms with Gasteiger partial charge in [0.05, 0.1) is 11.9 Å². The molecule has 0 aromatic heterocycles. The number of aryl methyl sites for hydroxylation is 1. The minimum Gasteiger partial charge on any atom is -0.462 e. The maximum absolute atomic E-state index is 12.6. The topological polar surface area (TPSA) is 70.4 Å². The molecule has 120 valence electrons. The maximum Gasteiger partial charge on any atom is 0.351 e. The van der Waals surface area contributed by atoms with Gasteiger partial charge in [-0.15, -0.1) is 0 Å². The third-order valence-corrected chi connectivity index (χ3v) is 4.85. The van der Waals surface area contributed by atoms with Gasteiger partial charge in [0.1, 0.15) is 11.1 Å². The zero-order valence-corrected chi connectivity index (χ0v) is 14.1. The van der Waals surface area contributed by atoms with Crippen LogP contribution in [-0.2, 0) is 14.3 Å². The molecule has 0 N–H and O–H groups in total. The van der Waals surface area contributed by atoms with E-state index < -0.39 is 5.97 Å². The molecule has 23 heavy (non-hydrogen) atoms. The van der Waals surface area contributed by atoms with Gasteiger partial charge in [0.15, 0.2) is 5.57 Å². The summed E-state index contributed by atoms with van der Waals surface area (Å²) in [6, 6.07) is 9.30. The molecule has 2 rings (SSSR count). The van der Waals surface area contributed by atoms with Gasteiger partial charge in [-0.3, -0.25) is 9.69 Å². The SMILES string of the molecule is CCOC(=O)/C(C#N)=C1\S[C@@H](CC)C(=O)N1c1ccc(C)cc1. The predicted octanol–water partition coefficient (Wildman–Crippen LogP) is 3.15. The number of hydrogen-bond donors (Lipinski definition) is 0. The van der Waals surface area contributed by atoms with Gasteiger partial charge in [0, 0.05) is 5.69 Å². The molecule has 0 bridgehead atoms. The summed E-state index contributed by atoms with van der Waals surface area (Å²) in [6.07, 6.45) is 0.622. The summed E-state index contributed by atoms with van der Waals surface area (Å²) in [4.78, 5) is 26.1. The minimum absolute atomic E-state index is 0.117. The Bertz CT molecular complexity index is 689. The molecule has 0 saturated carbocycles.